The number of amides is 1. The molecule has 2 aromatic carbocycles. The summed E-state index contributed by atoms with van der Waals surface area (Å²) in [6, 6.07) is 20.2. The Kier molecular flexibility index (Phi) is 5.04. The van der Waals surface area contributed by atoms with Gasteiger partial charge in [-0.2, -0.15) is 0 Å². The van der Waals surface area contributed by atoms with Crippen LogP contribution in [0.15, 0.2) is 79.1 Å². The summed E-state index contributed by atoms with van der Waals surface area (Å²) >= 11 is 0. The average Bonchev–Trinajstić information content (AvgIpc) is 2.84. The Bertz CT molecular complexity index is 1240. The lowest BCUT2D eigenvalue weighted by atomic mass is 10.0. The van der Waals surface area contributed by atoms with E-state index < -0.39 is 0 Å². The van der Waals surface area contributed by atoms with Gasteiger partial charge in [0.2, 0.25) is 0 Å². The Hall–Kier alpha value is -3.80. The van der Waals surface area contributed by atoms with Crippen LogP contribution in [0.3, 0.4) is 0 Å². The number of hydrogen-bond donors (Lipinski definition) is 0. The number of aromatic nitrogens is 2. The van der Waals surface area contributed by atoms with Crippen molar-refractivity contribution in [3.8, 4) is 11.1 Å². The number of hydrogen-bond acceptors (Lipinski definition) is 4. The first kappa shape index (κ1) is 19.2. The number of carbonyl (C=O) groups is 1. The molecule has 3 heterocycles. The molecule has 1 aliphatic heterocycles. The van der Waals surface area contributed by atoms with Gasteiger partial charge in [-0.05, 0) is 30.3 Å². The van der Waals surface area contributed by atoms with Gasteiger partial charge in [-0.25, -0.2) is 9.37 Å². The van der Waals surface area contributed by atoms with Crippen molar-refractivity contribution in [1.29, 1.82) is 0 Å². The minimum atomic E-state index is -0.260. The van der Waals surface area contributed by atoms with Gasteiger partial charge in [-0.15, -0.1) is 0 Å². The Morgan fingerprint density at radius 3 is 2.42 bits per heavy atom. The fourth-order valence-corrected chi connectivity index (χ4v) is 4.02. The normalized spacial score (nSPS) is 14.1. The zero-order valence-corrected chi connectivity index (χ0v) is 16.9. The highest BCUT2D eigenvalue weighted by Crippen LogP contribution is 2.31. The molecule has 4 aromatic rings. The number of fused-ring (bicyclic) bond motifs is 1. The smallest absolute Gasteiger partial charge is 0.255 e. The van der Waals surface area contributed by atoms with E-state index in [1.165, 1.54) is 6.07 Å². The third kappa shape index (κ3) is 3.72. The summed E-state index contributed by atoms with van der Waals surface area (Å²) in [5.74, 6) is 0.579. The van der Waals surface area contributed by atoms with Crippen molar-refractivity contribution in [3.63, 3.8) is 0 Å². The van der Waals surface area contributed by atoms with Crippen molar-refractivity contribution in [2.75, 3.05) is 31.1 Å². The van der Waals surface area contributed by atoms with Gasteiger partial charge in [0.1, 0.15) is 11.6 Å². The molecule has 1 amide bonds. The van der Waals surface area contributed by atoms with E-state index in [2.05, 4.69) is 9.88 Å². The molecule has 2 aromatic heterocycles. The molecular formula is C25H21FN4O. The topological polar surface area (TPSA) is 49.3 Å². The van der Waals surface area contributed by atoms with Crippen LogP contribution in [0.5, 0.6) is 0 Å². The van der Waals surface area contributed by atoms with Crippen molar-refractivity contribution in [1.82, 2.24) is 14.9 Å². The zero-order chi connectivity index (χ0) is 21.2. The lowest BCUT2D eigenvalue weighted by Crippen LogP contribution is -2.49. The molecule has 0 N–H and O–H groups in total. The van der Waals surface area contributed by atoms with Gasteiger partial charge in [0.05, 0.1) is 11.1 Å². The van der Waals surface area contributed by atoms with Crippen LogP contribution < -0.4 is 4.90 Å². The molecule has 0 unspecified atom stereocenters. The summed E-state index contributed by atoms with van der Waals surface area (Å²) < 4.78 is 14.4. The van der Waals surface area contributed by atoms with Crippen molar-refractivity contribution in [3.05, 3.63) is 90.5 Å². The lowest BCUT2D eigenvalue weighted by Gasteiger charge is -2.35. The minimum Gasteiger partial charge on any atom is -0.353 e. The van der Waals surface area contributed by atoms with E-state index in [1.54, 1.807) is 36.7 Å². The van der Waals surface area contributed by atoms with Crippen molar-refractivity contribution in [2.24, 2.45) is 0 Å². The number of pyridine rings is 2. The zero-order valence-electron chi connectivity index (χ0n) is 16.9. The number of rotatable bonds is 3. The number of benzene rings is 2. The van der Waals surface area contributed by atoms with E-state index in [0.717, 1.165) is 22.3 Å². The molecular weight excluding hydrogens is 391 g/mol. The molecule has 0 aliphatic carbocycles. The van der Waals surface area contributed by atoms with Crippen LogP contribution in [0.1, 0.15) is 10.4 Å². The predicted octanol–water partition coefficient (Wildman–Crippen LogP) is 4.40. The summed E-state index contributed by atoms with van der Waals surface area (Å²) in [5, 5.41) is 0.967. The van der Waals surface area contributed by atoms with Gasteiger partial charge in [-0.3, -0.25) is 9.78 Å². The Balaban J connectivity index is 1.40. The summed E-state index contributed by atoms with van der Waals surface area (Å²) in [5.41, 5.74) is 2.71. The molecule has 0 spiro atoms. The summed E-state index contributed by atoms with van der Waals surface area (Å²) in [6.45, 7) is 2.60. The summed E-state index contributed by atoms with van der Waals surface area (Å²) in [6.07, 6.45) is 3.26. The van der Waals surface area contributed by atoms with E-state index in [9.17, 15) is 9.18 Å². The van der Waals surface area contributed by atoms with Crippen LogP contribution in [-0.2, 0) is 0 Å². The van der Waals surface area contributed by atoms with Gasteiger partial charge >= 0.3 is 0 Å². The van der Waals surface area contributed by atoms with E-state index >= 15 is 0 Å². The molecule has 5 rings (SSSR count). The quantitative estimate of drug-likeness (QED) is 0.501. The van der Waals surface area contributed by atoms with Crippen molar-refractivity contribution in [2.45, 2.75) is 0 Å². The van der Waals surface area contributed by atoms with Crippen LogP contribution in [0.2, 0.25) is 0 Å². The number of para-hydroxylation sites is 1. The first-order chi connectivity index (χ1) is 15.2. The summed E-state index contributed by atoms with van der Waals surface area (Å²) in [4.78, 5) is 25.6. The van der Waals surface area contributed by atoms with Crippen LogP contribution in [-0.4, -0.2) is 47.0 Å². The number of halogens is 1. The molecule has 6 heteroatoms. The van der Waals surface area contributed by atoms with Crippen LogP contribution in [0, 0.1) is 5.82 Å². The molecule has 0 saturated carbocycles. The van der Waals surface area contributed by atoms with E-state index in [4.69, 9.17) is 4.98 Å². The fourth-order valence-electron chi connectivity index (χ4n) is 4.02. The predicted molar refractivity (Wildman–Crippen MR) is 119 cm³/mol. The maximum absolute atomic E-state index is 14.4. The van der Waals surface area contributed by atoms with Crippen molar-refractivity contribution < 1.29 is 9.18 Å². The first-order valence-electron chi connectivity index (χ1n) is 10.3. The molecule has 0 bridgehead atoms. The molecule has 0 atom stereocenters. The number of piperazine rings is 1. The second-order valence-electron chi connectivity index (χ2n) is 7.55. The third-order valence-corrected chi connectivity index (χ3v) is 5.67. The fraction of sp³-hybridized carbons (Fsp3) is 0.160. The molecule has 31 heavy (non-hydrogen) atoms. The number of anilines is 1. The molecule has 5 nitrogen and oxygen atoms in total. The van der Waals surface area contributed by atoms with Gasteiger partial charge in [0.15, 0.2) is 0 Å². The standard InChI is InChI=1S/C25H21FN4O/c26-22-9-2-1-7-20(22)21-8-3-5-18-10-11-23(28-24(18)21)29-13-15-30(16-14-29)25(31)19-6-4-12-27-17-19/h1-12,17H,13-16H2. The van der Waals surface area contributed by atoms with Crippen LogP contribution >= 0.6 is 0 Å². The molecule has 1 fully saturated rings. The third-order valence-electron chi connectivity index (χ3n) is 5.67. The molecule has 154 valence electrons. The van der Waals surface area contributed by atoms with Gasteiger partial charge in [0, 0.05) is 55.1 Å². The highest BCUT2D eigenvalue weighted by Gasteiger charge is 2.23. The molecule has 0 radical (unpaired) electrons. The molecule has 1 saturated heterocycles. The Labute approximate surface area is 179 Å². The summed E-state index contributed by atoms with van der Waals surface area (Å²) in [7, 11) is 0. The molecule has 1 aliphatic rings. The van der Waals surface area contributed by atoms with Gasteiger partial charge in [0.25, 0.3) is 5.91 Å². The SMILES string of the molecule is O=C(c1cccnc1)N1CCN(c2ccc3cccc(-c4ccccc4F)c3n2)CC1. The van der Waals surface area contributed by atoms with E-state index in [0.29, 0.717) is 37.3 Å². The minimum absolute atomic E-state index is 0.000981. The maximum Gasteiger partial charge on any atom is 0.255 e. The highest BCUT2D eigenvalue weighted by molar-refractivity contribution is 5.95. The second kappa shape index (κ2) is 8.14. The van der Waals surface area contributed by atoms with Gasteiger partial charge in [-0.1, -0.05) is 36.4 Å². The first-order valence-corrected chi connectivity index (χ1v) is 10.3. The number of carbonyl (C=O) groups excluding carboxylic acids is 1. The van der Waals surface area contributed by atoms with Crippen LogP contribution in [0.25, 0.3) is 22.0 Å². The van der Waals surface area contributed by atoms with Crippen LogP contribution in [0.4, 0.5) is 10.2 Å². The monoisotopic (exact) mass is 412 g/mol. The van der Waals surface area contributed by atoms with Gasteiger partial charge < -0.3 is 9.80 Å². The highest BCUT2D eigenvalue weighted by atomic mass is 19.1. The number of nitrogens with zero attached hydrogens (tertiary/aromatic N) is 4. The largest absolute Gasteiger partial charge is 0.353 e. The van der Waals surface area contributed by atoms with E-state index in [1.807, 2.05) is 41.3 Å². The maximum atomic E-state index is 14.4. The lowest BCUT2D eigenvalue weighted by molar-refractivity contribution is 0.0746. The Morgan fingerprint density at radius 1 is 0.839 bits per heavy atom. The Morgan fingerprint density at radius 2 is 1.65 bits per heavy atom. The average molecular weight is 412 g/mol. The van der Waals surface area contributed by atoms with E-state index in [-0.39, 0.29) is 11.7 Å². The second-order valence-corrected chi connectivity index (χ2v) is 7.55. The van der Waals surface area contributed by atoms with Crippen molar-refractivity contribution >= 4 is 22.6 Å².